The van der Waals surface area contributed by atoms with Gasteiger partial charge < -0.3 is 10.6 Å². The lowest BCUT2D eigenvalue weighted by atomic mass is 9.82. The Morgan fingerprint density at radius 2 is 1.57 bits per heavy atom. The number of nitrogens with one attached hydrogen (secondary N) is 2. The van der Waals surface area contributed by atoms with Crippen molar-refractivity contribution in [1.29, 1.82) is 0 Å². The molecule has 1 aliphatic heterocycles. The second-order valence-electron chi connectivity index (χ2n) is 5.11. The quantitative estimate of drug-likeness (QED) is 0.902. The van der Waals surface area contributed by atoms with E-state index in [0.29, 0.717) is 12.0 Å². The maximum atomic E-state index is 3.66. The van der Waals surface area contributed by atoms with Crippen LogP contribution in [0.15, 0.2) is 54.6 Å². The van der Waals surface area contributed by atoms with Crippen molar-refractivity contribution in [3.63, 3.8) is 0 Å². The average Bonchev–Trinajstić information content (AvgIpc) is 2.49. The average molecular weight is 325 g/mol. The normalized spacial score (nSPS) is 19.9. The summed E-state index contributed by atoms with van der Waals surface area (Å²) >= 11 is 0. The molecular weight excluding hydrogens is 303 g/mol. The Hall–Kier alpha value is -1.06. The van der Waals surface area contributed by atoms with E-state index in [0.717, 1.165) is 13.1 Å². The molecule has 2 aromatic rings. The van der Waals surface area contributed by atoms with Crippen molar-refractivity contribution in [2.45, 2.75) is 12.0 Å². The van der Waals surface area contributed by atoms with Gasteiger partial charge in [0.1, 0.15) is 0 Å². The highest BCUT2D eigenvalue weighted by molar-refractivity contribution is 5.85. The van der Waals surface area contributed by atoms with Crippen molar-refractivity contribution in [2.75, 3.05) is 20.1 Å². The number of hydrogen-bond acceptors (Lipinski definition) is 2. The van der Waals surface area contributed by atoms with Crippen LogP contribution < -0.4 is 10.6 Å². The number of hydrogen-bond donors (Lipinski definition) is 2. The SMILES string of the molecule is CNCC1NCC(c2ccccc2)c2ccccc21.Cl.Cl. The lowest BCUT2D eigenvalue weighted by molar-refractivity contribution is 0.463. The van der Waals surface area contributed by atoms with E-state index >= 15 is 0 Å². The first kappa shape index (κ1) is 18.0. The Morgan fingerprint density at radius 3 is 2.24 bits per heavy atom. The van der Waals surface area contributed by atoms with E-state index in [1.54, 1.807) is 0 Å². The minimum absolute atomic E-state index is 0. The number of likely N-dealkylation sites (N-methyl/N-ethyl adjacent to an activating group) is 1. The third-order valence-electron chi connectivity index (χ3n) is 3.93. The molecule has 1 heterocycles. The summed E-state index contributed by atoms with van der Waals surface area (Å²) in [6.45, 7) is 1.98. The molecule has 4 heteroatoms. The molecule has 2 atom stereocenters. The summed E-state index contributed by atoms with van der Waals surface area (Å²) in [6.07, 6.45) is 0. The van der Waals surface area contributed by atoms with Crippen LogP contribution in [0.3, 0.4) is 0 Å². The molecule has 0 saturated carbocycles. The van der Waals surface area contributed by atoms with E-state index < -0.39 is 0 Å². The van der Waals surface area contributed by atoms with E-state index in [2.05, 4.69) is 65.2 Å². The molecule has 2 unspecified atom stereocenters. The lowest BCUT2D eigenvalue weighted by Crippen LogP contribution is -2.38. The molecule has 0 fully saturated rings. The van der Waals surface area contributed by atoms with E-state index in [-0.39, 0.29) is 24.8 Å². The first-order valence-corrected chi connectivity index (χ1v) is 6.92. The standard InChI is InChI=1S/C17H20N2.2ClH/c1-18-12-17-15-10-6-5-9-14(15)16(11-19-17)13-7-3-2-4-8-13;;/h2-10,16-19H,11-12H2,1H3;2*1H. The van der Waals surface area contributed by atoms with Gasteiger partial charge in [-0.15, -0.1) is 24.8 Å². The summed E-state index contributed by atoms with van der Waals surface area (Å²) in [6, 6.07) is 20.0. The summed E-state index contributed by atoms with van der Waals surface area (Å²) in [4.78, 5) is 0. The maximum Gasteiger partial charge on any atom is 0.0449 e. The molecule has 21 heavy (non-hydrogen) atoms. The topological polar surface area (TPSA) is 24.1 Å². The zero-order valence-electron chi connectivity index (χ0n) is 12.1. The van der Waals surface area contributed by atoms with Crippen LogP contribution in [0.2, 0.25) is 0 Å². The second-order valence-corrected chi connectivity index (χ2v) is 5.11. The van der Waals surface area contributed by atoms with E-state index in [4.69, 9.17) is 0 Å². The zero-order chi connectivity index (χ0) is 13.1. The molecule has 0 amide bonds. The molecule has 2 aromatic carbocycles. The molecule has 2 nitrogen and oxygen atoms in total. The Kier molecular flexibility index (Phi) is 7.20. The fourth-order valence-corrected chi connectivity index (χ4v) is 2.99. The number of halogens is 2. The van der Waals surface area contributed by atoms with Gasteiger partial charge in [-0.3, -0.25) is 0 Å². The minimum Gasteiger partial charge on any atom is -0.318 e. The van der Waals surface area contributed by atoms with Crippen LogP contribution in [0.5, 0.6) is 0 Å². The smallest absolute Gasteiger partial charge is 0.0449 e. The Labute approximate surface area is 139 Å². The number of rotatable bonds is 3. The van der Waals surface area contributed by atoms with Gasteiger partial charge in [0.15, 0.2) is 0 Å². The van der Waals surface area contributed by atoms with Crippen LogP contribution in [0.25, 0.3) is 0 Å². The largest absolute Gasteiger partial charge is 0.318 e. The first-order valence-electron chi connectivity index (χ1n) is 6.92. The van der Waals surface area contributed by atoms with Crippen LogP contribution >= 0.6 is 24.8 Å². The van der Waals surface area contributed by atoms with E-state index in [1.165, 1.54) is 16.7 Å². The van der Waals surface area contributed by atoms with Gasteiger partial charge in [0.25, 0.3) is 0 Å². The molecule has 0 aliphatic carbocycles. The minimum atomic E-state index is 0. The van der Waals surface area contributed by atoms with Crippen LogP contribution in [-0.2, 0) is 0 Å². The molecule has 0 bridgehead atoms. The fourth-order valence-electron chi connectivity index (χ4n) is 2.99. The monoisotopic (exact) mass is 324 g/mol. The first-order chi connectivity index (χ1) is 9.40. The highest BCUT2D eigenvalue weighted by Gasteiger charge is 2.26. The van der Waals surface area contributed by atoms with Crippen molar-refractivity contribution < 1.29 is 0 Å². The van der Waals surface area contributed by atoms with Crippen LogP contribution in [-0.4, -0.2) is 20.1 Å². The van der Waals surface area contributed by atoms with Gasteiger partial charge in [-0.1, -0.05) is 54.6 Å². The van der Waals surface area contributed by atoms with Gasteiger partial charge in [0.05, 0.1) is 0 Å². The Bertz CT molecular complexity index is 545. The van der Waals surface area contributed by atoms with Crippen molar-refractivity contribution >= 4 is 24.8 Å². The van der Waals surface area contributed by atoms with Crippen molar-refractivity contribution in [3.8, 4) is 0 Å². The highest BCUT2D eigenvalue weighted by Crippen LogP contribution is 2.33. The molecule has 0 spiro atoms. The molecule has 0 aromatic heterocycles. The van der Waals surface area contributed by atoms with Crippen LogP contribution in [0.1, 0.15) is 28.7 Å². The summed E-state index contributed by atoms with van der Waals surface area (Å²) in [5.74, 6) is 0.463. The van der Waals surface area contributed by atoms with Crippen LogP contribution in [0, 0.1) is 0 Å². The van der Waals surface area contributed by atoms with E-state index in [9.17, 15) is 0 Å². The number of benzene rings is 2. The Balaban J connectivity index is 0.00000110. The Morgan fingerprint density at radius 1 is 0.952 bits per heavy atom. The van der Waals surface area contributed by atoms with Gasteiger partial charge >= 0.3 is 0 Å². The third-order valence-corrected chi connectivity index (χ3v) is 3.93. The number of fused-ring (bicyclic) bond motifs is 1. The molecular formula is C17H22Cl2N2. The third kappa shape index (κ3) is 3.78. The molecule has 114 valence electrons. The molecule has 3 rings (SSSR count). The van der Waals surface area contributed by atoms with Gasteiger partial charge in [-0.25, -0.2) is 0 Å². The summed E-state index contributed by atoms with van der Waals surface area (Å²) in [5, 5.41) is 6.93. The van der Waals surface area contributed by atoms with Gasteiger partial charge in [0.2, 0.25) is 0 Å². The predicted octanol–water partition coefficient (Wildman–Crippen LogP) is 3.53. The summed E-state index contributed by atoms with van der Waals surface area (Å²) in [7, 11) is 2.01. The van der Waals surface area contributed by atoms with Gasteiger partial charge in [0, 0.05) is 25.0 Å². The predicted molar refractivity (Wildman–Crippen MR) is 93.9 cm³/mol. The fraction of sp³-hybridized carbons (Fsp3) is 0.294. The molecule has 0 saturated heterocycles. The van der Waals surface area contributed by atoms with Crippen LogP contribution in [0.4, 0.5) is 0 Å². The lowest BCUT2D eigenvalue weighted by Gasteiger charge is -2.33. The van der Waals surface area contributed by atoms with Gasteiger partial charge in [-0.2, -0.15) is 0 Å². The maximum absolute atomic E-state index is 3.66. The molecule has 1 aliphatic rings. The van der Waals surface area contributed by atoms with Crippen molar-refractivity contribution in [2.24, 2.45) is 0 Å². The second kappa shape index (κ2) is 8.40. The molecule has 0 radical (unpaired) electrons. The van der Waals surface area contributed by atoms with Gasteiger partial charge in [-0.05, 0) is 23.7 Å². The molecule has 2 N–H and O–H groups in total. The zero-order valence-corrected chi connectivity index (χ0v) is 13.7. The summed E-state index contributed by atoms with van der Waals surface area (Å²) < 4.78 is 0. The van der Waals surface area contributed by atoms with Crippen molar-refractivity contribution in [3.05, 3.63) is 71.3 Å². The highest BCUT2D eigenvalue weighted by atomic mass is 35.5. The van der Waals surface area contributed by atoms with Crippen molar-refractivity contribution in [1.82, 2.24) is 10.6 Å². The van der Waals surface area contributed by atoms with E-state index in [1.807, 2.05) is 7.05 Å². The summed E-state index contributed by atoms with van der Waals surface area (Å²) in [5.41, 5.74) is 4.29.